The Kier molecular flexibility index (Phi) is 6.56. The molecule has 29 heavy (non-hydrogen) atoms. The highest BCUT2D eigenvalue weighted by Gasteiger charge is 2.34. The Morgan fingerprint density at radius 2 is 1.79 bits per heavy atom. The molecule has 0 aromatic heterocycles. The average Bonchev–Trinajstić information content (AvgIpc) is 2.74. The highest BCUT2D eigenvalue weighted by molar-refractivity contribution is 7.89. The molecular weight excluding hydrogens is 386 g/mol. The van der Waals surface area contributed by atoms with Gasteiger partial charge in [-0.3, -0.25) is 4.79 Å². The number of nitrogens with one attached hydrogen (secondary N) is 2. The van der Waals surface area contributed by atoms with E-state index in [0.717, 1.165) is 44.2 Å². The molecule has 4 rings (SSSR count). The minimum absolute atomic E-state index is 0.0261. The van der Waals surface area contributed by atoms with E-state index in [4.69, 9.17) is 0 Å². The van der Waals surface area contributed by atoms with Crippen molar-refractivity contribution in [2.75, 3.05) is 38.0 Å². The average molecular weight is 421 g/mol. The van der Waals surface area contributed by atoms with Gasteiger partial charge in [-0.25, -0.2) is 8.42 Å². The first kappa shape index (κ1) is 20.8. The number of piperidine rings is 2. The van der Waals surface area contributed by atoms with E-state index in [1.54, 1.807) is 28.6 Å². The molecule has 3 fully saturated rings. The minimum atomic E-state index is -3.48. The molecule has 1 unspecified atom stereocenters. The number of hydrogen-bond acceptors (Lipinski definition) is 3. The van der Waals surface area contributed by atoms with E-state index in [-0.39, 0.29) is 10.8 Å². The number of quaternary nitrogens is 1. The van der Waals surface area contributed by atoms with Gasteiger partial charge < -0.3 is 10.2 Å². The van der Waals surface area contributed by atoms with Crippen LogP contribution in [0.1, 0.15) is 51.4 Å². The predicted octanol–water partition coefficient (Wildman–Crippen LogP) is 1.89. The van der Waals surface area contributed by atoms with Crippen LogP contribution in [0.5, 0.6) is 0 Å². The Morgan fingerprint density at radius 3 is 2.59 bits per heavy atom. The third-order valence-corrected chi connectivity index (χ3v) is 8.86. The van der Waals surface area contributed by atoms with Gasteiger partial charge in [0, 0.05) is 24.7 Å². The van der Waals surface area contributed by atoms with Gasteiger partial charge in [0.25, 0.3) is 5.91 Å². The maximum atomic E-state index is 12.9. The second-order valence-corrected chi connectivity index (χ2v) is 11.0. The number of anilines is 1. The number of benzene rings is 1. The van der Waals surface area contributed by atoms with Crippen LogP contribution in [0, 0.1) is 11.8 Å². The maximum absolute atomic E-state index is 12.9. The lowest BCUT2D eigenvalue weighted by Gasteiger charge is -2.38. The lowest BCUT2D eigenvalue weighted by atomic mass is 9.75. The number of rotatable bonds is 5. The zero-order chi connectivity index (χ0) is 20.3. The van der Waals surface area contributed by atoms with Crippen LogP contribution in [0.15, 0.2) is 29.2 Å². The van der Waals surface area contributed by atoms with Crippen molar-refractivity contribution in [2.24, 2.45) is 11.8 Å². The monoisotopic (exact) mass is 420 g/mol. The number of nitrogens with zero attached hydrogens (tertiary/aromatic N) is 1. The zero-order valence-corrected chi connectivity index (χ0v) is 18.1. The van der Waals surface area contributed by atoms with Crippen molar-refractivity contribution in [3.05, 3.63) is 24.3 Å². The quantitative estimate of drug-likeness (QED) is 0.764. The van der Waals surface area contributed by atoms with Gasteiger partial charge in [0.2, 0.25) is 10.0 Å². The van der Waals surface area contributed by atoms with Crippen LogP contribution in [0.2, 0.25) is 0 Å². The number of carbonyl (C=O) groups is 1. The minimum Gasteiger partial charge on any atom is -0.327 e. The van der Waals surface area contributed by atoms with Crippen LogP contribution in [0.4, 0.5) is 5.69 Å². The fourth-order valence-corrected chi connectivity index (χ4v) is 6.94. The Hall–Kier alpha value is -1.44. The van der Waals surface area contributed by atoms with Crippen LogP contribution >= 0.6 is 0 Å². The summed E-state index contributed by atoms with van der Waals surface area (Å²) in [6.07, 6.45) is 9.52. The maximum Gasteiger partial charge on any atom is 0.279 e. The highest BCUT2D eigenvalue weighted by Crippen LogP contribution is 2.32. The number of sulfonamides is 1. The number of carbonyl (C=O) groups excluding carboxylic acids is 1. The summed E-state index contributed by atoms with van der Waals surface area (Å²) in [7, 11) is -3.48. The first-order valence-corrected chi connectivity index (χ1v) is 12.7. The molecule has 3 aliphatic rings. The molecule has 0 radical (unpaired) electrons. The first-order chi connectivity index (χ1) is 14.0. The standard InChI is InChI=1S/C22H33N3O3S/c26-22(17-24-14-11-18-7-2-3-8-19(18)16-24)23-20-9-6-10-21(15-20)29(27,28)25-12-4-1-5-13-25/h6,9-10,15,18-19H,1-5,7-8,11-14,16-17H2,(H,23,26)/p+1/t18-,19+/m0/s1. The second kappa shape index (κ2) is 9.14. The van der Waals surface area contributed by atoms with E-state index >= 15 is 0 Å². The van der Waals surface area contributed by atoms with E-state index in [0.29, 0.717) is 25.3 Å². The van der Waals surface area contributed by atoms with Crippen molar-refractivity contribution in [3.63, 3.8) is 0 Å². The van der Waals surface area contributed by atoms with Gasteiger partial charge in [0.1, 0.15) is 0 Å². The number of fused-ring (bicyclic) bond motifs is 1. The van der Waals surface area contributed by atoms with Crippen molar-refractivity contribution >= 4 is 21.6 Å². The summed E-state index contributed by atoms with van der Waals surface area (Å²) in [6.45, 7) is 3.80. The molecule has 6 nitrogen and oxygen atoms in total. The summed E-state index contributed by atoms with van der Waals surface area (Å²) >= 11 is 0. The molecule has 0 bridgehead atoms. The predicted molar refractivity (Wildman–Crippen MR) is 113 cm³/mol. The molecule has 2 heterocycles. The molecule has 1 aromatic carbocycles. The summed E-state index contributed by atoms with van der Waals surface area (Å²) in [4.78, 5) is 14.2. The molecule has 2 saturated heterocycles. The molecule has 7 heteroatoms. The van der Waals surface area contributed by atoms with Gasteiger partial charge >= 0.3 is 0 Å². The van der Waals surface area contributed by atoms with Crippen molar-refractivity contribution in [1.82, 2.24) is 4.31 Å². The molecule has 2 N–H and O–H groups in total. The molecule has 1 saturated carbocycles. The van der Waals surface area contributed by atoms with Gasteiger partial charge in [-0.2, -0.15) is 4.31 Å². The fourth-order valence-electron chi connectivity index (χ4n) is 5.38. The molecular formula is C22H34N3O3S+. The third kappa shape index (κ3) is 5.01. The summed E-state index contributed by atoms with van der Waals surface area (Å²) in [5.41, 5.74) is 0.569. The normalized spacial score (nSPS) is 28.5. The van der Waals surface area contributed by atoms with Crippen molar-refractivity contribution in [2.45, 2.75) is 56.3 Å². The molecule has 2 aliphatic heterocycles. The Morgan fingerprint density at radius 1 is 1.03 bits per heavy atom. The van der Waals surface area contributed by atoms with Gasteiger partial charge in [0.05, 0.1) is 18.0 Å². The molecule has 160 valence electrons. The topological polar surface area (TPSA) is 70.9 Å². The van der Waals surface area contributed by atoms with E-state index < -0.39 is 10.0 Å². The summed E-state index contributed by atoms with van der Waals surface area (Å²) in [6, 6.07) is 6.71. The van der Waals surface area contributed by atoms with Crippen LogP contribution in [-0.2, 0) is 14.8 Å². The lowest BCUT2D eigenvalue weighted by molar-refractivity contribution is -0.902. The van der Waals surface area contributed by atoms with E-state index in [1.165, 1.54) is 37.0 Å². The number of hydrogen-bond donors (Lipinski definition) is 2. The highest BCUT2D eigenvalue weighted by atomic mass is 32.2. The van der Waals surface area contributed by atoms with Gasteiger partial charge in [0.15, 0.2) is 6.54 Å². The van der Waals surface area contributed by atoms with Crippen molar-refractivity contribution < 1.29 is 18.1 Å². The zero-order valence-electron chi connectivity index (χ0n) is 17.2. The third-order valence-electron chi connectivity index (χ3n) is 6.97. The van der Waals surface area contributed by atoms with Gasteiger partial charge in [-0.15, -0.1) is 0 Å². The summed E-state index contributed by atoms with van der Waals surface area (Å²) in [5.74, 6) is 1.62. The van der Waals surface area contributed by atoms with Gasteiger partial charge in [-0.05, 0) is 56.2 Å². The molecule has 3 atom stereocenters. The van der Waals surface area contributed by atoms with E-state index in [1.807, 2.05) is 0 Å². The van der Waals surface area contributed by atoms with Crippen molar-refractivity contribution in [1.29, 1.82) is 0 Å². The van der Waals surface area contributed by atoms with E-state index in [2.05, 4.69) is 5.32 Å². The van der Waals surface area contributed by atoms with Crippen LogP contribution in [0.25, 0.3) is 0 Å². The number of amides is 1. The SMILES string of the molecule is O=C(C[NH+]1CC[C@@H]2CCCC[C@@H]2C1)Nc1cccc(S(=O)(=O)N2CCCCC2)c1. The fraction of sp³-hybridized carbons (Fsp3) is 0.682. The summed E-state index contributed by atoms with van der Waals surface area (Å²) < 4.78 is 27.3. The smallest absolute Gasteiger partial charge is 0.279 e. The van der Waals surface area contributed by atoms with Crippen LogP contribution < -0.4 is 10.2 Å². The second-order valence-electron chi connectivity index (χ2n) is 9.01. The van der Waals surface area contributed by atoms with Crippen molar-refractivity contribution in [3.8, 4) is 0 Å². The molecule has 0 spiro atoms. The Bertz CT molecular complexity index is 820. The van der Waals surface area contributed by atoms with Gasteiger partial charge in [-0.1, -0.05) is 25.3 Å². The van der Waals surface area contributed by atoms with Crippen LogP contribution in [0.3, 0.4) is 0 Å². The Balaban J connectivity index is 1.36. The molecule has 1 aromatic rings. The Labute approximate surface area is 174 Å². The largest absolute Gasteiger partial charge is 0.327 e. The number of likely N-dealkylation sites (tertiary alicyclic amines) is 1. The van der Waals surface area contributed by atoms with Crippen LogP contribution in [-0.4, -0.2) is 51.4 Å². The summed E-state index contributed by atoms with van der Waals surface area (Å²) in [5, 5.41) is 2.93. The molecule has 1 aliphatic carbocycles. The first-order valence-electron chi connectivity index (χ1n) is 11.3. The lowest BCUT2D eigenvalue weighted by Crippen LogP contribution is -3.15. The molecule has 1 amide bonds. The van der Waals surface area contributed by atoms with E-state index in [9.17, 15) is 13.2 Å².